The largest absolute Gasteiger partial charge is 0.573 e. The van der Waals surface area contributed by atoms with Crippen LogP contribution in [0.5, 0.6) is 5.75 Å². The predicted molar refractivity (Wildman–Crippen MR) is 62.8 cm³/mol. The zero-order valence-electron chi connectivity index (χ0n) is 9.96. The molecule has 0 saturated carbocycles. The van der Waals surface area contributed by atoms with E-state index in [0.717, 1.165) is 6.42 Å². The molecule has 1 aliphatic heterocycles. The van der Waals surface area contributed by atoms with Crippen LogP contribution < -0.4 is 15.4 Å². The molecular weight excluding hydrogens is 261 g/mol. The van der Waals surface area contributed by atoms with E-state index in [-0.39, 0.29) is 17.7 Å². The van der Waals surface area contributed by atoms with Gasteiger partial charge in [-0.25, -0.2) is 0 Å². The molecule has 0 bridgehead atoms. The molecule has 2 rings (SSSR count). The maximum atomic E-state index is 12.1. The zero-order valence-corrected chi connectivity index (χ0v) is 9.96. The summed E-state index contributed by atoms with van der Waals surface area (Å²) in [5, 5.41) is 5.74. The number of hydrogen-bond acceptors (Lipinski definition) is 3. The highest BCUT2D eigenvalue weighted by Crippen LogP contribution is 2.25. The van der Waals surface area contributed by atoms with Crippen molar-refractivity contribution < 1.29 is 22.7 Å². The summed E-state index contributed by atoms with van der Waals surface area (Å²) in [7, 11) is 0. The fourth-order valence-corrected chi connectivity index (χ4v) is 1.87. The van der Waals surface area contributed by atoms with Gasteiger partial charge in [0.2, 0.25) is 5.91 Å². The van der Waals surface area contributed by atoms with Crippen molar-refractivity contribution in [2.75, 3.05) is 11.9 Å². The highest BCUT2D eigenvalue weighted by atomic mass is 19.4. The van der Waals surface area contributed by atoms with Crippen molar-refractivity contribution in [3.05, 3.63) is 24.3 Å². The van der Waals surface area contributed by atoms with E-state index in [1.807, 2.05) is 0 Å². The number of amides is 1. The molecule has 0 aliphatic carbocycles. The molecule has 2 N–H and O–H groups in total. The molecule has 1 heterocycles. The zero-order chi connectivity index (χ0) is 13.9. The van der Waals surface area contributed by atoms with Gasteiger partial charge in [0, 0.05) is 30.8 Å². The first-order valence-corrected chi connectivity index (χ1v) is 5.81. The van der Waals surface area contributed by atoms with Gasteiger partial charge in [0.1, 0.15) is 5.75 Å². The average molecular weight is 274 g/mol. The molecule has 0 radical (unpaired) electrons. The van der Waals surface area contributed by atoms with Gasteiger partial charge in [-0.15, -0.1) is 13.2 Å². The van der Waals surface area contributed by atoms with Gasteiger partial charge in [-0.2, -0.15) is 0 Å². The Morgan fingerprint density at radius 1 is 1.42 bits per heavy atom. The summed E-state index contributed by atoms with van der Waals surface area (Å²) in [5.74, 6) is -0.270. The minimum atomic E-state index is -4.70. The number of alkyl halides is 3. The van der Waals surface area contributed by atoms with Gasteiger partial charge in [0.25, 0.3) is 0 Å². The van der Waals surface area contributed by atoms with Gasteiger partial charge in [-0.05, 0) is 18.6 Å². The fraction of sp³-hybridized carbons (Fsp3) is 0.417. The van der Waals surface area contributed by atoms with E-state index in [9.17, 15) is 18.0 Å². The van der Waals surface area contributed by atoms with Crippen molar-refractivity contribution in [3.8, 4) is 5.75 Å². The summed E-state index contributed by atoms with van der Waals surface area (Å²) >= 11 is 0. The third kappa shape index (κ3) is 4.35. The molecule has 1 aromatic rings. The Kier molecular flexibility index (Phi) is 3.82. The van der Waals surface area contributed by atoms with Crippen molar-refractivity contribution in [2.45, 2.75) is 25.2 Å². The smallest absolute Gasteiger partial charge is 0.406 e. The maximum absolute atomic E-state index is 12.1. The first-order valence-electron chi connectivity index (χ1n) is 5.81. The Morgan fingerprint density at radius 2 is 2.21 bits per heavy atom. The standard InChI is InChI=1S/C12H13F3N2O2/c13-12(14,15)19-10-3-1-2-8(6-10)16-7-9-4-5-11(18)17-9/h1-3,6,9,16H,4-5,7H2,(H,17,18). The second-order valence-corrected chi connectivity index (χ2v) is 4.26. The van der Waals surface area contributed by atoms with Gasteiger partial charge in [0.05, 0.1) is 0 Å². The molecule has 1 aromatic carbocycles. The maximum Gasteiger partial charge on any atom is 0.573 e. The lowest BCUT2D eigenvalue weighted by Gasteiger charge is -2.14. The summed E-state index contributed by atoms with van der Waals surface area (Å²) in [6, 6.07) is 5.62. The Balaban J connectivity index is 1.90. The van der Waals surface area contributed by atoms with Gasteiger partial charge in [0.15, 0.2) is 0 Å². The van der Waals surface area contributed by atoms with Crippen LogP contribution in [0.4, 0.5) is 18.9 Å². The summed E-state index contributed by atoms with van der Waals surface area (Å²) < 4.78 is 40.0. The SMILES string of the molecule is O=C1CCC(CNc2cccc(OC(F)(F)F)c2)N1. The molecule has 19 heavy (non-hydrogen) atoms. The molecule has 1 atom stereocenters. The van der Waals surface area contributed by atoms with Crippen LogP contribution >= 0.6 is 0 Å². The van der Waals surface area contributed by atoms with Crippen LogP contribution in [-0.4, -0.2) is 24.9 Å². The van der Waals surface area contributed by atoms with Crippen LogP contribution in [0.1, 0.15) is 12.8 Å². The molecular formula is C12H13F3N2O2. The molecule has 1 saturated heterocycles. The lowest BCUT2D eigenvalue weighted by Crippen LogP contribution is -2.31. The number of hydrogen-bond donors (Lipinski definition) is 2. The van der Waals surface area contributed by atoms with Crippen molar-refractivity contribution in [1.82, 2.24) is 5.32 Å². The number of halogens is 3. The van der Waals surface area contributed by atoms with Crippen LogP contribution in [0.2, 0.25) is 0 Å². The van der Waals surface area contributed by atoms with E-state index in [4.69, 9.17) is 0 Å². The van der Waals surface area contributed by atoms with Crippen molar-refractivity contribution in [2.24, 2.45) is 0 Å². The molecule has 1 amide bonds. The first-order chi connectivity index (χ1) is 8.92. The van der Waals surface area contributed by atoms with Gasteiger partial charge in [-0.1, -0.05) is 6.07 Å². The first kappa shape index (κ1) is 13.5. The molecule has 7 heteroatoms. The summed E-state index contributed by atoms with van der Waals surface area (Å²) in [6.45, 7) is 0.473. The van der Waals surface area contributed by atoms with E-state index in [2.05, 4.69) is 15.4 Å². The number of carbonyl (C=O) groups excluding carboxylic acids is 1. The Morgan fingerprint density at radius 3 is 2.84 bits per heavy atom. The lowest BCUT2D eigenvalue weighted by molar-refractivity contribution is -0.274. The van der Waals surface area contributed by atoms with E-state index in [0.29, 0.717) is 18.7 Å². The number of carbonyl (C=O) groups is 1. The van der Waals surface area contributed by atoms with Gasteiger partial charge < -0.3 is 15.4 Å². The van der Waals surface area contributed by atoms with E-state index in [1.165, 1.54) is 18.2 Å². The van der Waals surface area contributed by atoms with Crippen LogP contribution in [0.15, 0.2) is 24.3 Å². The molecule has 1 fully saturated rings. The van der Waals surface area contributed by atoms with Crippen molar-refractivity contribution in [1.29, 1.82) is 0 Å². The van der Waals surface area contributed by atoms with Gasteiger partial charge >= 0.3 is 6.36 Å². The Labute approximate surface area is 107 Å². The van der Waals surface area contributed by atoms with Crippen LogP contribution in [0, 0.1) is 0 Å². The molecule has 0 aromatic heterocycles. The van der Waals surface area contributed by atoms with Crippen molar-refractivity contribution in [3.63, 3.8) is 0 Å². The van der Waals surface area contributed by atoms with E-state index in [1.54, 1.807) is 6.07 Å². The monoisotopic (exact) mass is 274 g/mol. The molecule has 1 unspecified atom stereocenters. The predicted octanol–water partition coefficient (Wildman–Crippen LogP) is 2.28. The number of rotatable bonds is 4. The van der Waals surface area contributed by atoms with E-state index >= 15 is 0 Å². The van der Waals surface area contributed by atoms with Gasteiger partial charge in [-0.3, -0.25) is 4.79 Å². The summed E-state index contributed by atoms with van der Waals surface area (Å²) in [4.78, 5) is 11.0. The lowest BCUT2D eigenvalue weighted by atomic mass is 10.2. The Hall–Kier alpha value is -1.92. The third-order valence-corrected chi connectivity index (χ3v) is 2.71. The third-order valence-electron chi connectivity index (χ3n) is 2.71. The van der Waals surface area contributed by atoms with Crippen molar-refractivity contribution >= 4 is 11.6 Å². The highest BCUT2D eigenvalue weighted by Gasteiger charge is 2.31. The minimum Gasteiger partial charge on any atom is -0.406 e. The Bertz CT molecular complexity index is 463. The molecule has 104 valence electrons. The molecule has 1 aliphatic rings. The fourth-order valence-electron chi connectivity index (χ4n) is 1.87. The average Bonchev–Trinajstić information content (AvgIpc) is 2.71. The number of anilines is 1. The van der Waals surface area contributed by atoms with E-state index < -0.39 is 6.36 Å². The second-order valence-electron chi connectivity index (χ2n) is 4.26. The second kappa shape index (κ2) is 5.38. The number of nitrogens with one attached hydrogen (secondary N) is 2. The normalized spacial score (nSPS) is 19.1. The quantitative estimate of drug-likeness (QED) is 0.885. The molecule has 4 nitrogen and oxygen atoms in total. The molecule has 0 spiro atoms. The highest BCUT2D eigenvalue weighted by molar-refractivity contribution is 5.78. The summed E-state index contributed by atoms with van der Waals surface area (Å²) in [5.41, 5.74) is 0.517. The van der Waals surface area contributed by atoms with Crippen LogP contribution in [0.25, 0.3) is 0 Å². The van der Waals surface area contributed by atoms with Crippen LogP contribution in [0.3, 0.4) is 0 Å². The number of benzene rings is 1. The minimum absolute atomic E-state index is 0.000885. The number of ether oxygens (including phenoxy) is 1. The van der Waals surface area contributed by atoms with Crippen LogP contribution in [-0.2, 0) is 4.79 Å². The summed E-state index contributed by atoms with van der Waals surface area (Å²) in [6.07, 6.45) is -3.48. The topological polar surface area (TPSA) is 50.4 Å².